The zero-order chi connectivity index (χ0) is 6.81. The molecular formula is C9H11N. The number of hydrogen-bond acceptors (Lipinski definition) is 1. The Morgan fingerprint density at radius 1 is 1.40 bits per heavy atom. The highest BCUT2D eigenvalue weighted by Gasteiger charge is 2.07. The fourth-order valence-electron chi connectivity index (χ4n) is 1.38. The van der Waals surface area contributed by atoms with E-state index >= 15 is 0 Å². The molecular weight excluding hydrogens is 122 g/mol. The number of nitrogens with one attached hydrogen (secondary N) is 1. The van der Waals surface area contributed by atoms with Crippen molar-refractivity contribution in [3.8, 4) is 0 Å². The topological polar surface area (TPSA) is 12.0 Å². The van der Waals surface area contributed by atoms with E-state index in [-0.39, 0.29) is 0 Å². The molecule has 1 heterocycles. The quantitative estimate of drug-likeness (QED) is 0.526. The third-order valence-electron chi connectivity index (χ3n) is 1.94. The number of allylic oxidation sites excluding steroid dienone is 3. The molecule has 1 heteroatoms. The van der Waals surface area contributed by atoms with E-state index < -0.39 is 0 Å². The molecule has 10 heavy (non-hydrogen) atoms. The van der Waals surface area contributed by atoms with Crippen LogP contribution in [0.5, 0.6) is 0 Å². The van der Waals surface area contributed by atoms with E-state index in [0.29, 0.717) is 0 Å². The van der Waals surface area contributed by atoms with E-state index in [9.17, 15) is 0 Å². The van der Waals surface area contributed by atoms with Gasteiger partial charge in [-0.1, -0.05) is 24.3 Å². The van der Waals surface area contributed by atoms with Crippen LogP contribution in [0.4, 0.5) is 0 Å². The summed E-state index contributed by atoms with van der Waals surface area (Å²) in [5.74, 6) is 0. The smallest absolute Gasteiger partial charge is 0.0211 e. The van der Waals surface area contributed by atoms with Crippen LogP contribution in [0.25, 0.3) is 0 Å². The molecule has 0 aromatic rings. The van der Waals surface area contributed by atoms with Gasteiger partial charge in [0.2, 0.25) is 0 Å². The van der Waals surface area contributed by atoms with Gasteiger partial charge in [0.1, 0.15) is 0 Å². The molecule has 0 bridgehead atoms. The Hall–Kier alpha value is -0.820. The first-order valence-corrected chi connectivity index (χ1v) is 3.75. The van der Waals surface area contributed by atoms with Crippen LogP contribution in [0.2, 0.25) is 0 Å². The molecule has 0 aromatic carbocycles. The van der Waals surface area contributed by atoms with Crippen LogP contribution >= 0.6 is 0 Å². The van der Waals surface area contributed by atoms with Crippen molar-refractivity contribution in [2.24, 2.45) is 0 Å². The van der Waals surface area contributed by atoms with Gasteiger partial charge in [-0.05, 0) is 24.1 Å². The van der Waals surface area contributed by atoms with Gasteiger partial charge in [0.25, 0.3) is 0 Å². The Morgan fingerprint density at radius 3 is 3.40 bits per heavy atom. The van der Waals surface area contributed by atoms with Crippen molar-refractivity contribution in [2.45, 2.75) is 6.42 Å². The summed E-state index contributed by atoms with van der Waals surface area (Å²) in [5, 5.41) is 3.36. The van der Waals surface area contributed by atoms with Gasteiger partial charge >= 0.3 is 0 Å². The Bertz CT molecular complexity index is 221. The van der Waals surface area contributed by atoms with Gasteiger partial charge in [-0.2, -0.15) is 0 Å². The van der Waals surface area contributed by atoms with Crippen LogP contribution in [0, 0.1) is 0 Å². The molecule has 0 amide bonds. The highest BCUT2D eigenvalue weighted by molar-refractivity contribution is 5.49. The van der Waals surface area contributed by atoms with Crippen LogP contribution in [-0.4, -0.2) is 13.1 Å². The molecule has 0 unspecified atom stereocenters. The summed E-state index contributed by atoms with van der Waals surface area (Å²) < 4.78 is 0. The van der Waals surface area contributed by atoms with Gasteiger partial charge in [-0.25, -0.2) is 0 Å². The van der Waals surface area contributed by atoms with Crippen molar-refractivity contribution in [3.63, 3.8) is 0 Å². The summed E-state index contributed by atoms with van der Waals surface area (Å²) in [4.78, 5) is 0. The lowest BCUT2D eigenvalue weighted by atomic mass is 10.1. The largest absolute Gasteiger partial charge is 0.312 e. The number of fused-ring (bicyclic) bond motifs is 1. The van der Waals surface area contributed by atoms with Gasteiger partial charge < -0.3 is 5.32 Å². The molecule has 0 spiro atoms. The van der Waals surface area contributed by atoms with E-state index in [0.717, 1.165) is 19.5 Å². The van der Waals surface area contributed by atoms with Crippen LogP contribution in [0.15, 0.2) is 35.5 Å². The molecule has 0 atom stereocenters. The monoisotopic (exact) mass is 133 g/mol. The van der Waals surface area contributed by atoms with Gasteiger partial charge in [0.05, 0.1) is 0 Å². The summed E-state index contributed by atoms with van der Waals surface area (Å²) in [6, 6.07) is 0. The molecule has 1 aliphatic carbocycles. The molecule has 2 rings (SSSR count). The Labute approximate surface area is 61.1 Å². The van der Waals surface area contributed by atoms with Crippen molar-refractivity contribution in [3.05, 3.63) is 35.5 Å². The first kappa shape index (κ1) is 5.93. The minimum absolute atomic E-state index is 1.04. The zero-order valence-corrected chi connectivity index (χ0v) is 5.93. The van der Waals surface area contributed by atoms with Gasteiger partial charge in [0.15, 0.2) is 0 Å². The highest BCUT2D eigenvalue weighted by atomic mass is 14.8. The molecule has 52 valence electrons. The van der Waals surface area contributed by atoms with Gasteiger partial charge in [-0.3, -0.25) is 0 Å². The summed E-state index contributed by atoms with van der Waals surface area (Å²) >= 11 is 0. The van der Waals surface area contributed by atoms with E-state index in [1.807, 2.05) is 0 Å². The SMILES string of the molecule is C1=CC2=CCCNCC2=C1. The predicted molar refractivity (Wildman–Crippen MR) is 42.8 cm³/mol. The maximum absolute atomic E-state index is 3.36. The van der Waals surface area contributed by atoms with Crippen LogP contribution < -0.4 is 5.32 Å². The zero-order valence-electron chi connectivity index (χ0n) is 5.93. The van der Waals surface area contributed by atoms with Crippen LogP contribution in [0.3, 0.4) is 0 Å². The van der Waals surface area contributed by atoms with Crippen molar-refractivity contribution < 1.29 is 0 Å². The molecule has 0 saturated heterocycles. The maximum Gasteiger partial charge on any atom is 0.0211 e. The van der Waals surface area contributed by atoms with Crippen LogP contribution in [0.1, 0.15) is 6.42 Å². The first-order valence-electron chi connectivity index (χ1n) is 3.75. The van der Waals surface area contributed by atoms with E-state index in [2.05, 4.69) is 29.6 Å². The number of rotatable bonds is 0. The molecule has 1 N–H and O–H groups in total. The Balaban J connectivity index is 2.28. The average molecular weight is 133 g/mol. The summed E-state index contributed by atoms with van der Waals surface area (Å²) in [6.07, 6.45) is 9.95. The second kappa shape index (κ2) is 2.43. The first-order chi connectivity index (χ1) is 4.97. The van der Waals surface area contributed by atoms with Crippen molar-refractivity contribution in [1.82, 2.24) is 5.32 Å². The van der Waals surface area contributed by atoms with E-state index in [4.69, 9.17) is 0 Å². The summed E-state index contributed by atoms with van der Waals surface area (Å²) in [7, 11) is 0. The molecule has 1 aliphatic heterocycles. The maximum atomic E-state index is 3.36. The lowest BCUT2D eigenvalue weighted by molar-refractivity contribution is 0.758. The third-order valence-corrected chi connectivity index (χ3v) is 1.94. The fourth-order valence-corrected chi connectivity index (χ4v) is 1.38. The molecule has 0 saturated carbocycles. The van der Waals surface area contributed by atoms with Gasteiger partial charge in [-0.15, -0.1) is 0 Å². The highest BCUT2D eigenvalue weighted by Crippen LogP contribution is 2.19. The minimum Gasteiger partial charge on any atom is -0.312 e. The van der Waals surface area contributed by atoms with E-state index in [1.54, 1.807) is 0 Å². The van der Waals surface area contributed by atoms with E-state index in [1.165, 1.54) is 11.1 Å². The Morgan fingerprint density at radius 2 is 2.40 bits per heavy atom. The average Bonchev–Trinajstić information content (AvgIpc) is 2.28. The lowest BCUT2D eigenvalue weighted by Crippen LogP contribution is -2.15. The summed E-state index contributed by atoms with van der Waals surface area (Å²) in [5.41, 5.74) is 2.86. The van der Waals surface area contributed by atoms with Crippen molar-refractivity contribution >= 4 is 0 Å². The summed E-state index contributed by atoms with van der Waals surface area (Å²) in [6.45, 7) is 2.16. The van der Waals surface area contributed by atoms with Crippen molar-refractivity contribution in [2.75, 3.05) is 13.1 Å². The number of hydrogen-bond donors (Lipinski definition) is 1. The van der Waals surface area contributed by atoms with Crippen molar-refractivity contribution in [1.29, 1.82) is 0 Å². The second-order valence-electron chi connectivity index (χ2n) is 2.68. The molecule has 0 radical (unpaired) electrons. The molecule has 0 fully saturated rings. The second-order valence-corrected chi connectivity index (χ2v) is 2.68. The Kier molecular flexibility index (Phi) is 1.44. The molecule has 1 nitrogen and oxygen atoms in total. The standard InChI is InChI=1S/C9H11N/c1-3-8-5-2-6-10-7-9(8)4-1/h1,3-5,10H,2,6-7H2. The molecule has 2 aliphatic rings. The minimum atomic E-state index is 1.04. The third kappa shape index (κ3) is 0.929. The lowest BCUT2D eigenvalue weighted by Gasteiger charge is -1.99. The molecule has 0 aromatic heterocycles. The normalized spacial score (nSPS) is 23.2. The predicted octanol–water partition coefficient (Wildman–Crippen LogP) is 1.40. The van der Waals surface area contributed by atoms with Gasteiger partial charge in [0, 0.05) is 6.54 Å². The van der Waals surface area contributed by atoms with Crippen LogP contribution in [-0.2, 0) is 0 Å². The fraction of sp³-hybridized carbons (Fsp3) is 0.333.